The molecule has 7 atom stereocenters. The number of carbonyl (C=O) groups excluding carboxylic acids is 2. The Morgan fingerprint density at radius 1 is 1.20 bits per heavy atom. The molecular weight excluding hydrogens is 384 g/mol. The number of ether oxygens (including phenoxy) is 3. The van der Waals surface area contributed by atoms with Gasteiger partial charge in [-0.05, 0) is 60.8 Å². The fourth-order valence-electron chi connectivity index (χ4n) is 5.98. The molecule has 6 nitrogen and oxygen atoms in total. The molecule has 0 spiro atoms. The summed E-state index contributed by atoms with van der Waals surface area (Å²) >= 11 is 0. The highest BCUT2D eigenvalue weighted by Crippen LogP contribution is 2.62. The van der Waals surface area contributed by atoms with Gasteiger partial charge in [0.05, 0.1) is 0 Å². The average molecular weight is 421 g/mol. The van der Waals surface area contributed by atoms with Crippen molar-refractivity contribution >= 4 is 11.9 Å². The van der Waals surface area contributed by atoms with E-state index in [1.807, 2.05) is 0 Å². The molecule has 7 unspecified atom stereocenters. The van der Waals surface area contributed by atoms with Crippen molar-refractivity contribution in [1.29, 1.82) is 0 Å². The Balaban J connectivity index is 2.00. The molecule has 0 amide bonds. The highest BCUT2D eigenvalue weighted by atomic mass is 16.8. The largest absolute Gasteiger partial charge is 0.448 e. The van der Waals surface area contributed by atoms with E-state index in [4.69, 9.17) is 14.2 Å². The number of aliphatic hydroxyl groups excluding tert-OH is 1. The van der Waals surface area contributed by atoms with Crippen molar-refractivity contribution in [2.45, 2.75) is 91.3 Å². The molecule has 168 valence electrons. The number of esters is 2. The van der Waals surface area contributed by atoms with Crippen LogP contribution in [0.5, 0.6) is 0 Å². The number of rotatable bonds is 4. The van der Waals surface area contributed by atoms with Gasteiger partial charge in [-0.3, -0.25) is 9.59 Å². The van der Waals surface area contributed by atoms with Crippen LogP contribution in [0.15, 0.2) is 24.3 Å². The van der Waals surface area contributed by atoms with E-state index in [0.29, 0.717) is 11.8 Å². The lowest BCUT2D eigenvalue weighted by molar-refractivity contribution is -0.221. The van der Waals surface area contributed by atoms with Crippen molar-refractivity contribution in [2.24, 2.45) is 22.7 Å². The van der Waals surface area contributed by atoms with E-state index in [-0.39, 0.29) is 17.3 Å². The summed E-state index contributed by atoms with van der Waals surface area (Å²) < 4.78 is 16.3. The second-order valence-corrected chi connectivity index (χ2v) is 9.89. The maximum atomic E-state index is 11.9. The predicted octanol–water partition coefficient (Wildman–Crippen LogP) is 4.27. The van der Waals surface area contributed by atoms with Crippen molar-refractivity contribution in [1.82, 2.24) is 0 Å². The molecule has 1 N–H and O–H groups in total. The number of hydrogen-bond acceptors (Lipinski definition) is 6. The molecular formula is C24H36O6. The van der Waals surface area contributed by atoms with Crippen LogP contribution in [-0.2, 0) is 23.8 Å². The van der Waals surface area contributed by atoms with Gasteiger partial charge in [0, 0.05) is 20.3 Å². The van der Waals surface area contributed by atoms with E-state index in [0.717, 1.165) is 32.1 Å². The summed E-state index contributed by atoms with van der Waals surface area (Å²) in [6, 6.07) is 0. The first-order valence-electron chi connectivity index (χ1n) is 11.0. The summed E-state index contributed by atoms with van der Waals surface area (Å²) in [5, 5.41) is 10.1. The maximum absolute atomic E-state index is 11.9. The Labute approximate surface area is 179 Å². The fraction of sp³-hybridized carbons (Fsp3) is 0.750. The van der Waals surface area contributed by atoms with Crippen molar-refractivity contribution in [3.05, 3.63) is 24.3 Å². The lowest BCUT2D eigenvalue weighted by Gasteiger charge is -2.57. The van der Waals surface area contributed by atoms with Crippen molar-refractivity contribution in [2.75, 3.05) is 0 Å². The summed E-state index contributed by atoms with van der Waals surface area (Å²) in [5.74, 6) is -0.244. The van der Waals surface area contributed by atoms with Crippen LogP contribution in [0.2, 0.25) is 0 Å². The molecule has 6 heteroatoms. The highest BCUT2D eigenvalue weighted by Gasteiger charge is 2.55. The normalized spacial score (nSPS) is 44.0. The minimum atomic E-state index is -1.35. The number of aliphatic hydroxyl groups is 1. The van der Waals surface area contributed by atoms with E-state index in [1.54, 1.807) is 6.08 Å². The third kappa shape index (κ3) is 3.96. The monoisotopic (exact) mass is 420 g/mol. The average Bonchev–Trinajstić information content (AvgIpc) is 2.93. The summed E-state index contributed by atoms with van der Waals surface area (Å²) in [4.78, 5) is 23.5. The molecule has 0 aromatic rings. The van der Waals surface area contributed by atoms with Crippen LogP contribution in [0, 0.1) is 22.7 Å². The highest BCUT2D eigenvalue weighted by molar-refractivity contribution is 5.68. The lowest BCUT2D eigenvalue weighted by Crippen LogP contribution is -2.50. The molecule has 0 radical (unpaired) electrons. The Hall–Kier alpha value is -1.66. The Morgan fingerprint density at radius 2 is 1.90 bits per heavy atom. The van der Waals surface area contributed by atoms with Crippen molar-refractivity contribution in [3.63, 3.8) is 0 Å². The standard InChI is InChI=1S/C24H36O6/c1-15-8-7-9-19-22(15,5)11-10-16(2)23(19,6)12-13-24(30-18(4)26)14-20(27)29-21(24)28-17(3)25/h12-13,16,19-21,27H,1,7-11,14H2,2-6H3. The summed E-state index contributed by atoms with van der Waals surface area (Å²) in [6.45, 7) is 13.8. The fourth-order valence-corrected chi connectivity index (χ4v) is 5.98. The summed E-state index contributed by atoms with van der Waals surface area (Å²) in [6.07, 6.45) is 7.11. The van der Waals surface area contributed by atoms with Gasteiger partial charge in [-0.25, -0.2) is 0 Å². The van der Waals surface area contributed by atoms with Crippen LogP contribution in [0.25, 0.3) is 0 Å². The van der Waals surface area contributed by atoms with Crippen molar-refractivity contribution in [3.8, 4) is 0 Å². The molecule has 30 heavy (non-hydrogen) atoms. The molecule has 0 bridgehead atoms. The molecule has 0 aromatic heterocycles. The predicted molar refractivity (Wildman–Crippen MR) is 112 cm³/mol. The zero-order valence-corrected chi connectivity index (χ0v) is 18.9. The summed E-state index contributed by atoms with van der Waals surface area (Å²) in [5.41, 5.74) is -0.0893. The van der Waals surface area contributed by atoms with Crippen LogP contribution in [0.1, 0.15) is 73.1 Å². The molecule has 1 saturated heterocycles. The van der Waals surface area contributed by atoms with Crippen LogP contribution in [0.4, 0.5) is 0 Å². The van der Waals surface area contributed by atoms with E-state index in [2.05, 4.69) is 33.4 Å². The number of fused-ring (bicyclic) bond motifs is 1. The topological polar surface area (TPSA) is 82.1 Å². The summed E-state index contributed by atoms with van der Waals surface area (Å²) in [7, 11) is 0. The van der Waals surface area contributed by atoms with Gasteiger partial charge in [-0.2, -0.15) is 0 Å². The van der Waals surface area contributed by atoms with E-state index in [1.165, 1.54) is 19.4 Å². The van der Waals surface area contributed by atoms with E-state index in [9.17, 15) is 14.7 Å². The van der Waals surface area contributed by atoms with Gasteiger partial charge in [0.1, 0.15) is 0 Å². The molecule has 1 aliphatic heterocycles. The number of hydrogen-bond donors (Lipinski definition) is 1. The van der Waals surface area contributed by atoms with Crippen LogP contribution in [-0.4, -0.2) is 35.2 Å². The lowest BCUT2D eigenvalue weighted by atomic mass is 9.47. The second kappa shape index (κ2) is 8.12. The third-order valence-electron chi connectivity index (χ3n) is 7.96. The van der Waals surface area contributed by atoms with Gasteiger partial charge in [0.2, 0.25) is 6.29 Å². The first kappa shape index (κ1) is 23.0. The Kier molecular flexibility index (Phi) is 6.23. The van der Waals surface area contributed by atoms with Crippen LogP contribution < -0.4 is 0 Å². The van der Waals surface area contributed by atoms with Gasteiger partial charge in [0.15, 0.2) is 11.9 Å². The molecule has 2 saturated carbocycles. The van der Waals surface area contributed by atoms with E-state index >= 15 is 0 Å². The zero-order chi connectivity index (χ0) is 22.3. The van der Waals surface area contributed by atoms with Gasteiger partial charge in [-0.1, -0.05) is 39.0 Å². The molecule has 3 fully saturated rings. The Morgan fingerprint density at radius 3 is 2.53 bits per heavy atom. The first-order valence-corrected chi connectivity index (χ1v) is 11.0. The number of allylic oxidation sites excluding steroid dienone is 2. The van der Waals surface area contributed by atoms with Gasteiger partial charge < -0.3 is 19.3 Å². The Bertz CT molecular complexity index is 744. The first-order chi connectivity index (χ1) is 13.9. The second-order valence-electron chi connectivity index (χ2n) is 9.89. The molecule has 2 aliphatic carbocycles. The minimum absolute atomic E-state index is 0.0140. The quantitative estimate of drug-likeness (QED) is 0.540. The van der Waals surface area contributed by atoms with Crippen LogP contribution in [0.3, 0.4) is 0 Å². The van der Waals surface area contributed by atoms with Gasteiger partial charge >= 0.3 is 11.9 Å². The minimum Gasteiger partial charge on any atom is -0.448 e. The zero-order valence-electron chi connectivity index (χ0n) is 18.9. The van der Waals surface area contributed by atoms with Gasteiger partial charge in [-0.15, -0.1) is 0 Å². The molecule has 1 heterocycles. The van der Waals surface area contributed by atoms with E-state index < -0.39 is 30.1 Å². The smallest absolute Gasteiger partial charge is 0.305 e. The maximum Gasteiger partial charge on any atom is 0.305 e. The van der Waals surface area contributed by atoms with Crippen LogP contribution >= 0.6 is 0 Å². The van der Waals surface area contributed by atoms with Crippen molar-refractivity contribution < 1.29 is 28.9 Å². The van der Waals surface area contributed by atoms with Gasteiger partial charge in [0.25, 0.3) is 0 Å². The SMILES string of the molecule is C=C1CCCC2C1(C)CCC(C)C2(C)C=CC1(OC(C)=O)CC(O)OC1OC(C)=O. The molecule has 3 rings (SSSR count). The number of carbonyl (C=O) groups is 2. The molecule has 0 aromatic carbocycles. The molecule has 3 aliphatic rings. The third-order valence-corrected chi connectivity index (χ3v) is 7.96.